The van der Waals surface area contributed by atoms with Crippen LogP contribution in [-0.4, -0.2) is 36.0 Å². The third-order valence-corrected chi connectivity index (χ3v) is 3.21. The largest absolute Gasteiger partial charge is 0.314 e. The summed E-state index contributed by atoms with van der Waals surface area (Å²) in [7, 11) is 0. The monoisotopic (exact) mass is 319 g/mol. The first-order valence-corrected chi connectivity index (χ1v) is 6.04. The van der Waals surface area contributed by atoms with Crippen LogP contribution in [-0.2, 0) is 0 Å². The molecule has 0 amide bonds. The summed E-state index contributed by atoms with van der Waals surface area (Å²) in [4.78, 5) is 12.6. The molecule has 1 saturated heterocycles. The number of hydrogen-bond acceptors (Lipinski definition) is 4. The molecule has 0 aromatic heterocycles. The van der Waals surface area contributed by atoms with Gasteiger partial charge in [0.05, 0.1) is 11.0 Å². The second-order valence-corrected chi connectivity index (χ2v) is 4.32. The van der Waals surface area contributed by atoms with Crippen molar-refractivity contribution in [2.75, 3.05) is 26.2 Å². The molecule has 5 nitrogen and oxygen atoms in total. The van der Waals surface area contributed by atoms with Gasteiger partial charge < -0.3 is 5.32 Å². The van der Waals surface area contributed by atoms with Gasteiger partial charge in [0.1, 0.15) is 0 Å². The number of nitrogens with zero attached hydrogens (tertiary/aromatic N) is 2. The van der Waals surface area contributed by atoms with Gasteiger partial charge in [0.2, 0.25) is 0 Å². The van der Waals surface area contributed by atoms with Crippen molar-refractivity contribution in [3.8, 4) is 0 Å². The SMILES string of the molecule is C=C[C@H](c1ccc([N+](=O)[O-])cc1)N1CCNCC1.Cl.Cl. The van der Waals surface area contributed by atoms with Crippen molar-refractivity contribution < 1.29 is 4.92 Å². The van der Waals surface area contributed by atoms with E-state index in [1.54, 1.807) is 12.1 Å². The minimum atomic E-state index is -0.377. The first-order chi connectivity index (χ1) is 8.72. The van der Waals surface area contributed by atoms with Gasteiger partial charge in [-0.3, -0.25) is 15.0 Å². The lowest BCUT2D eigenvalue weighted by Gasteiger charge is -2.33. The number of hydrogen-bond donors (Lipinski definition) is 1. The van der Waals surface area contributed by atoms with E-state index in [2.05, 4.69) is 16.8 Å². The van der Waals surface area contributed by atoms with Gasteiger partial charge in [-0.05, 0) is 5.56 Å². The molecule has 0 radical (unpaired) electrons. The maximum atomic E-state index is 10.6. The minimum Gasteiger partial charge on any atom is -0.314 e. The first kappa shape index (κ1) is 18.9. The molecule has 7 heteroatoms. The molecular formula is C13H19Cl2N3O2. The van der Waals surface area contributed by atoms with E-state index in [4.69, 9.17) is 0 Å². The Balaban J connectivity index is 0.00000180. The number of rotatable bonds is 4. The fraction of sp³-hybridized carbons (Fsp3) is 0.385. The van der Waals surface area contributed by atoms with Crippen LogP contribution in [0.25, 0.3) is 0 Å². The van der Waals surface area contributed by atoms with Crippen LogP contribution in [0.3, 0.4) is 0 Å². The Bertz CT molecular complexity index is 434. The molecule has 1 N–H and O–H groups in total. The standard InChI is InChI=1S/C13H17N3O2.2ClH/c1-2-13(15-9-7-14-8-10-15)11-3-5-12(6-4-11)16(17)18;;/h2-6,13-14H,1,7-10H2;2*1H/t13-;;/m1../s1. The fourth-order valence-corrected chi connectivity index (χ4v) is 2.25. The van der Waals surface area contributed by atoms with E-state index in [0.717, 1.165) is 31.7 Å². The third-order valence-electron chi connectivity index (χ3n) is 3.21. The average molecular weight is 320 g/mol. The molecule has 1 atom stereocenters. The summed E-state index contributed by atoms with van der Waals surface area (Å²) in [6.45, 7) is 7.75. The number of non-ortho nitro benzene ring substituents is 1. The van der Waals surface area contributed by atoms with Crippen molar-refractivity contribution in [3.63, 3.8) is 0 Å². The Morgan fingerprint density at radius 3 is 2.25 bits per heavy atom. The maximum Gasteiger partial charge on any atom is 0.269 e. The molecule has 112 valence electrons. The van der Waals surface area contributed by atoms with Crippen LogP contribution in [0.5, 0.6) is 0 Å². The zero-order valence-electron chi connectivity index (χ0n) is 11.0. The Morgan fingerprint density at radius 2 is 1.80 bits per heavy atom. The molecule has 0 unspecified atom stereocenters. The van der Waals surface area contributed by atoms with Gasteiger partial charge in [-0.2, -0.15) is 0 Å². The highest BCUT2D eigenvalue weighted by Crippen LogP contribution is 2.24. The van der Waals surface area contributed by atoms with Crippen molar-refractivity contribution in [3.05, 3.63) is 52.6 Å². The van der Waals surface area contributed by atoms with Gasteiger partial charge in [0.15, 0.2) is 0 Å². The highest BCUT2D eigenvalue weighted by molar-refractivity contribution is 5.85. The normalized spacial score (nSPS) is 16.4. The van der Waals surface area contributed by atoms with Crippen molar-refractivity contribution >= 4 is 30.5 Å². The van der Waals surface area contributed by atoms with Crippen LogP contribution in [0, 0.1) is 10.1 Å². The topological polar surface area (TPSA) is 58.4 Å². The molecule has 0 bridgehead atoms. The summed E-state index contributed by atoms with van der Waals surface area (Å²) in [5.74, 6) is 0. The van der Waals surface area contributed by atoms with E-state index < -0.39 is 0 Å². The van der Waals surface area contributed by atoms with Gasteiger partial charge in [-0.25, -0.2) is 0 Å². The minimum absolute atomic E-state index is 0. The lowest BCUT2D eigenvalue weighted by Crippen LogP contribution is -2.44. The van der Waals surface area contributed by atoms with E-state index in [0.29, 0.717) is 0 Å². The Hall–Kier alpha value is -1.14. The van der Waals surface area contributed by atoms with E-state index in [1.165, 1.54) is 0 Å². The van der Waals surface area contributed by atoms with Crippen LogP contribution >= 0.6 is 24.8 Å². The van der Waals surface area contributed by atoms with Gasteiger partial charge in [-0.1, -0.05) is 18.2 Å². The van der Waals surface area contributed by atoms with E-state index in [-0.39, 0.29) is 41.5 Å². The maximum absolute atomic E-state index is 10.6. The van der Waals surface area contributed by atoms with E-state index in [1.807, 2.05) is 18.2 Å². The molecular weight excluding hydrogens is 301 g/mol. The number of halogens is 2. The highest BCUT2D eigenvalue weighted by Gasteiger charge is 2.19. The number of nitro benzene ring substituents is 1. The van der Waals surface area contributed by atoms with Crippen molar-refractivity contribution in [1.29, 1.82) is 0 Å². The molecule has 20 heavy (non-hydrogen) atoms. The smallest absolute Gasteiger partial charge is 0.269 e. The van der Waals surface area contributed by atoms with Crippen LogP contribution in [0.4, 0.5) is 5.69 Å². The van der Waals surface area contributed by atoms with E-state index >= 15 is 0 Å². The Morgan fingerprint density at radius 1 is 1.25 bits per heavy atom. The molecule has 1 fully saturated rings. The highest BCUT2D eigenvalue weighted by atomic mass is 35.5. The van der Waals surface area contributed by atoms with Gasteiger partial charge >= 0.3 is 0 Å². The Kier molecular flexibility index (Phi) is 8.41. The third kappa shape index (κ3) is 4.45. The second kappa shape index (κ2) is 8.92. The lowest BCUT2D eigenvalue weighted by molar-refractivity contribution is -0.384. The number of nitrogens with one attached hydrogen (secondary N) is 1. The van der Waals surface area contributed by atoms with Gasteiger partial charge in [0, 0.05) is 38.3 Å². The molecule has 1 aliphatic rings. The summed E-state index contributed by atoms with van der Waals surface area (Å²) in [5, 5.41) is 13.9. The summed E-state index contributed by atoms with van der Waals surface area (Å²) in [5.41, 5.74) is 1.18. The summed E-state index contributed by atoms with van der Waals surface area (Å²) in [6, 6.07) is 6.86. The Labute approximate surface area is 131 Å². The van der Waals surface area contributed by atoms with Crippen molar-refractivity contribution in [2.45, 2.75) is 6.04 Å². The lowest BCUT2D eigenvalue weighted by atomic mass is 10.0. The predicted molar refractivity (Wildman–Crippen MR) is 85.0 cm³/mol. The summed E-state index contributed by atoms with van der Waals surface area (Å²) in [6.07, 6.45) is 1.90. The van der Waals surface area contributed by atoms with Crippen molar-refractivity contribution in [2.24, 2.45) is 0 Å². The summed E-state index contributed by atoms with van der Waals surface area (Å²) >= 11 is 0. The van der Waals surface area contributed by atoms with E-state index in [9.17, 15) is 10.1 Å². The number of nitro groups is 1. The molecule has 0 saturated carbocycles. The zero-order chi connectivity index (χ0) is 13.0. The first-order valence-electron chi connectivity index (χ1n) is 6.04. The van der Waals surface area contributed by atoms with Crippen LogP contribution in [0.2, 0.25) is 0 Å². The van der Waals surface area contributed by atoms with Gasteiger partial charge in [-0.15, -0.1) is 31.4 Å². The van der Waals surface area contributed by atoms with Crippen molar-refractivity contribution in [1.82, 2.24) is 10.2 Å². The molecule has 0 spiro atoms. The molecule has 1 aliphatic heterocycles. The molecule has 1 aromatic carbocycles. The van der Waals surface area contributed by atoms with Crippen LogP contribution < -0.4 is 5.32 Å². The predicted octanol–water partition coefficient (Wildman–Crippen LogP) is 2.57. The quantitative estimate of drug-likeness (QED) is 0.526. The molecule has 1 heterocycles. The fourth-order valence-electron chi connectivity index (χ4n) is 2.25. The van der Waals surface area contributed by atoms with Crippen LogP contribution in [0.1, 0.15) is 11.6 Å². The molecule has 2 rings (SSSR count). The summed E-state index contributed by atoms with van der Waals surface area (Å²) < 4.78 is 0. The molecule has 0 aliphatic carbocycles. The number of piperazine rings is 1. The van der Waals surface area contributed by atoms with Crippen LogP contribution in [0.15, 0.2) is 36.9 Å². The number of benzene rings is 1. The second-order valence-electron chi connectivity index (χ2n) is 4.32. The van der Waals surface area contributed by atoms with Gasteiger partial charge in [0.25, 0.3) is 5.69 Å². The average Bonchev–Trinajstić information content (AvgIpc) is 2.41. The molecule has 1 aromatic rings. The zero-order valence-corrected chi connectivity index (χ0v) is 12.7.